The number of nitrogens with one attached hydrogen (secondary N) is 1. The van der Waals surface area contributed by atoms with Gasteiger partial charge in [-0.3, -0.25) is 4.79 Å². The van der Waals surface area contributed by atoms with Crippen molar-refractivity contribution >= 4 is 34.2 Å². The van der Waals surface area contributed by atoms with Crippen LogP contribution in [0.3, 0.4) is 0 Å². The SMILES string of the molecule is CCc1cc(I)ccc1NC(=O)c1ccc(OCC(C)C)cc1. The minimum absolute atomic E-state index is 0.101. The first kappa shape index (κ1) is 17.8. The molecule has 4 heteroatoms. The molecule has 1 N–H and O–H groups in total. The van der Waals surface area contributed by atoms with E-state index in [4.69, 9.17) is 4.74 Å². The van der Waals surface area contributed by atoms with Crippen LogP contribution < -0.4 is 10.1 Å². The summed E-state index contributed by atoms with van der Waals surface area (Å²) >= 11 is 2.28. The van der Waals surface area contributed by atoms with Crippen LogP contribution in [0.25, 0.3) is 0 Å². The molecule has 0 saturated carbocycles. The number of carbonyl (C=O) groups excluding carboxylic acids is 1. The summed E-state index contributed by atoms with van der Waals surface area (Å²) in [6, 6.07) is 13.3. The average Bonchev–Trinajstić information content (AvgIpc) is 2.54. The van der Waals surface area contributed by atoms with Crippen molar-refractivity contribution in [2.75, 3.05) is 11.9 Å². The maximum absolute atomic E-state index is 12.4. The quantitative estimate of drug-likeness (QED) is 0.654. The third kappa shape index (κ3) is 5.23. The second-order valence-electron chi connectivity index (χ2n) is 5.84. The van der Waals surface area contributed by atoms with Crippen LogP contribution in [0.15, 0.2) is 42.5 Å². The van der Waals surface area contributed by atoms with E-state index in [-0.39, 0.29) is 5.91 Å². The number of hydrogen-bond acceptors (Lipinski definition) is 2. The lowest BCUT2D eigenvalue weighted by molar-refractivity contribution is 0.102. The van der Waals surface area contributed by atoms with Crippen molar-refractivity contribution in [3.8, 4) is 5.75 Å². The number of aryl methyl sites for hydroxylation is 1. The number of hydrogen-bond donors (Lipinski definition) is 1. The number of anilines is 1. The third-order valence-electron chi connectivity index (χ3n) is 3.40. The first-order chi connectivity index (χ1) is 11.0. The fraction of sp³-hybridized carbons (Fsp3) is 0.316. The first-order valence-electron chi connectivity index (χ1n) is 7.82. The molecule has 0 aliphatic heterocycles. The van der Waals surface area contributed by atoms with Crippen molar-refractivity contribution in [1.82, 2.24) is 0 Å². The highest BCUT2D eigenvalue weighted by Crippen LogP contribution is 2.21. The van der Waals surface area contributed by atoms with Crippen LogP contribution in [0.5, 0.6) is 5.75 Å². The van der Waals surface area contributed by atoms with Crippen LogP contribution in [-0.2, 0) is 6.42 Å². The minimum atomic E-state index is -0.101. The lowest BCUT2D eigenvalue weighted by Crippen LogP contribution is -2.13. The molecule has 23 heavy (non-hydrogen) atoms. The Hall–Kier alpha value is -1.56. The van der Waals surface area contributed by atoms with Crippen molar-refractivity contribution in [1.29, 1.82) is 0 Å². The van der Waals surface area contributed by atoms with E-state index in [0.717, 1.165) is 23.4 Å². The van der Waals surface area contributed by atoms with Gasteiger partial charge in [-0.2, -0.15) is 0 Å². The molecule has 0 unspecified atom stereocenters. The van der Waals surface area contributed by atoms with Gasteiger partial charge in [-0.25, -0.2) is 0 Å². The Kier molecular flexibility index (Phi) is 6.45. The van der Waals surface area contributed by atoms with Crippen LogP contribution in [-0.4, -0.2) is 12.5 Å². The highest BCUT2D eigenvalue weighted by molar-refractivity contribution is 14.1. The van der Waals surface area contributed by atoms with Gasteiger partial charge in [0.1, 0.15) is 5.75 Å². The van der Waals surface area contributed by atoms with Gasteiger partial charge in [0.05, 0.1) is 6.61 Å². The second-order valence-corrected chi connectivity index (χ2v) is 7.08. The smallest absolute Gasteiger partial charge is 0.255 e. The Morgan fingerprint density at radius 1 is 1.17 bits per heavy atom. The van der Waals surface area contributed by atoms with Crippen molar-refractivity contribution in [3.05, 3.63) is 57.2 Å². The average molecular weight is 423 g/mol. The van der Waals surface area contributed by atoms with Crippen LogP contribution >= 0.6 is 22.6 Å². The molecule has 2 rings (SSSR count). The summed E-state index contributed by atoms with van der Waals surface area (Å²) in [5.41, 5.74) is 2.64. The lowest BCUT2D eigenvalue weighted by atomic mass is 10.1. The van der Waals surface area contributed by atoms with Crippen molar-refractivity contribution in [3.63, 3.8) is 0 Å². The molecule has 0 aliphatic rings. The number of halogens is 1. The van der Waals surface area contributed by atoms with E-state index in [1.165, 1.54) is 3.57 Å². The fourth-order valence-electron chi connectivity index (χ4n) is 2.14. The molecule has 0 spiro atoms. The van der Waals surface area contributed by atoms with Crippen LogP contribution in [0.1, 0.15) is 36.7 Å². The zero-order chi connectivity index (χ0) is 16.8. The van der Waals surface area contributed by atoms with Gasteiger partial charge in [0.2, 0.25) is 0 Å². The molecule has 0 bridgehead atoms. The summed E-state index contributed by atoms with van der Waals surface area (Å²) in [7, 11) is 0. The topological polar surface area (TPSA) is 38.3 Å². The van der Waals surface area contributed by atoms with E-state index in [1.807, 2.05) is 24.3 Å². The highest BCUT2D eigenvalue weighted by Gasteiger charge is 2.09. The Bertz CT molecular complexity index is 666. The second kappa shape index (κ2) is 8.34. The number of carbonyl (C=O) groups is 1. The Labute approximate surface area is 151 Å². The van der Waals surface area contributed by atoms with Gasteiger partial charge in [-0.15, -0.1) is 0 Å². The maximum atomic E-state index is 12.4. The van der Waals surface area contributed by atoms with Crippen molar-refractivity contribution < 1.29 is 9.53 Å². The van der Waals surface area contributed by atoms with Gasteiger partial charge in [-0.1, -0.05) is 20.8 Å². The Morgan fingerprint density at radius 2 is 1.87 bits per heavy atom. The molecule has 1 amide bonds. The molecule has 0 aliphatic carbocycles. The zero-order valence-corrected chi connectivity index (χ0v) is 15.9. The molecular formula is C19H22INO2. The minimum Gasteiger partial charge on any atom is -0.493 e. The van der Waals surface area contributed by atoms with Gasteiger partial charge in [0.15, 0.2) is 0 Å². The lowest BCUT2D eigenvalue weighted by Gasteiger charge is -2.11. The van der Waals surface area contributed by atoms with Gasteiger partial charge in [-0.05, 0) is 83.0 Å². The van der Waals surface area contributed by atoms with Crippen molar-refractivity contribution in [2.24, 2.45) is 5.92 Å². The van der Waals surface area contributed by atoms with Crippen LogP contribution in [0, 0.1) is 9.49 Å². The van der Waals surface area contributed by atoms with Gasteiger partial charge < -0.3 is 10.1 Å². The van der Waals surface area contributed by atoms with E-state index in [1.54, 1.807) is 12.1 Å². The van der Waals surface area contributed by atoms with E-state index >= 15 is 0 Å². The molecule has 0 fully saturated rings. The molecule has 0 radical (unpaired) electrons. The largest absolute Gasteiger partial charge is 0.493 e. The number of rotatable bonds is 6. The molecule has 2 aromatic carbocycles. The highest BCUT2D eigenvalue weighted by atomic mass is 127. The summed E-state index contributed by atoms with van der Waals surface area (Å²) in [4.78, 5) is 12.4. The molecule has 122 valence electrons. The molecule has 0 saturated heterocycles. The summed E-state index contributed by atoms with van der Waals surface area (Å²) in [5.74, 6) is 1.17. The zero-order valence-electron chi connectivity index (χ0n) is 13.7. The summed E-state index contributed by atoms with van der Waals surface area (Å²) < 4.78 is 6.81. The van der Waals surface area contributed by atoms with E-state index < -0.39 is 0 Å². The molecule has 3 nitrogen and oxygen atoms in total. The predicted octanol–water partition coefficient (Wildman–Crippen LogP) is 5.14. The number of amides is 1. The van der Waals surface area contributed by atoms with E-state index in [0.29, 0.717) is 18.1 Å². The number of benzene rings is 2. The number of ether oxygens (including phenoxy) is 1. The Balaban J connectivity index is 2.06. The molecule has 0 heterocycles. The predicted molar refractivity (Wildman–Crippen MR) is 103 cm³/mol. The summed E-state index contributed by atoms with van der Waals surface area (Å²) in [5, 5.41) is 2.99. The first-order valence-corrected chi connectivity index (χ1v) is 8.90. The van der Waals surface area contributed by atoms with Crippen molar-refractivity contribution in [2.45, 2.75) is 27.2 Å². The molecule has 0 atom stereocenters. The van der Waals surface area contributed by atoms with Gasteiger partial charge in [0, 0.05) is 14.8 Å². The van der Waals surface area contributed by atoms with Gasteiger partial charge in [0.25, 0.3) is 5.91 Å². The normalized spacial score (nSPS) is 10.7. The monoisotopic (exact) mass is 423 g/mol. The molecule has 0 aromatic heterocycles. The maximum Gasteiger partial charge on any atom is 0.255 e. The summed E-state index contributed by atoms with van der Waals surface area (Å²) in [6.07, 6.45) is 0.883. The van der Waals surface area contributed by atoms with Gasteiger partial charge >= 0.3 is 0 Å². The van der Waals surface area contributed by atoms with E-state index in [9.17, 15) is 4.79 Å². The van der Waals surface area contributed by atoms with Crippen LogP contribution in [0.4, 0.5) is 5.69 Å². The molecular weight excluding hydrogens is 401 g/mol. The fourth-order valence-corrected chi connectivity index (χ4v) is 2.69. The third-order valence-corrected chi connectivity index (χ3v) is 4.07. The standard InChI is InChI=1S/C19H22INO2/c1-4-14-11-16(20)7-10-18(14)21-19(22)15-5-8-17(9-6-15)23-12-13(2)3/h5-11,13H,4,12H2,1-3H3,(H,21,22). The summed E-state index contributed by atoms with van der Waals surface area (Å²) in [6.45, 7) is 6.97. The Morgan fingerprint density at radius 3 is 2.48 bits per heavy atom. The molecule has 2 aromatic rings. The van der Waals surface area contributed by atoms with E-state index in [2.05, 4.69) is 54.7 Å². The van der Waals surface area contributed by atoms with Crippen LogP contribution in [0.2, 0.25) is 0 Å².